The minimum Gasteiger partial charge on any atom is -0.359 e. The molecular formula is C21H30FNO2. The molecule has 4 heteroatoms. The fourth-order valence-corrected chi connectivity index (χ4v) is 2.18. The van der Waals surface area contributed by atoms with Crippen LogP contribution in [0.4, 0.5) is 4.39 Å². The van der Waals surface area contributed by atoms with Crippen molar-refractivity contribution in [3.63, 3.8) is 0 Å². The molecule has 0 aliphatic carbocycles. The van der Waals surface area contributed by atoms with E-state index in [1.807, 2.05) is 24.3 Å². The van der Waals surface area contributed by atoms with E-state index in [4.69, 9.17) is 9.47 Å². The predicted molar refractivity (Wildman–Crippen MR) is 101 cm³/mol. The lowest BCUT2D eigenvalue weighted by molar-refractivity contribution is -0.0398. The van der Waals surface area contributed by atoms with Gasteiger partial charge in [-0.25, -0.2) is 4.39 Å². The SMILES string of the molecule is CCC.COCOCc1ccc(CN[C@@H](C)c2ccccc2)cc1F. The monoisotopic (exact) mass is 347 g/mol. The summed E-state index contributed by atoms with van der Waals surface area (Å²) in [4.78, 5) is 0. The normalized spacial score (nSPS) is 11.6. The number of hydrogen-bond acceptors (Lipinski definition) is 3. The molecule has 0 bridgehead atoms. The van der Waals surface area contributed by atoms with Gasteiger partial charge >= 0.3 is 0 Å². The van der Waals surface area contributed by atoms with Crippen molar-refractivity contribution in [2.24, 2.45) is 0 Å². The average molecular weight is 347 g/mol. The first-order valence-corrected chi connectivity index (χ1v) is 8.74. The Morgan fingerprint density at radius 3 is 2.36 bits per heavy atom. The van der Waals surface area contributed by atoms with Crippen LogP contribution in [0, 0.1) is 5.82 Å². The number of benzene rings is 2. The summed E-state index contributed by atoms with van der Waals surface area (Å²) < 4.78 is 23.9. The Labute approximate surface area is 151 Å². The molecule has 2 rings (SSSR count). The maximum atomic E-state index is 14.0. The lowest BCUT2D eigenvalue weighted by atomic mass is 10.1. The summed E-state index contributed by atoms with van der Waals surface area (Å²) >= 11 is 0. The highest BCUT2D eigenvalue weighted by Gasteiger charge is 2.07. The van der Waals surface area contributed by atoms with Gasteiger partial charge in [-0.2, -0.15) is 0 Å². The van der Waals surface area contributed by atoms with Gasteiger partial charge in [0, 0.05) is 25.3 Å². The molecule has 0 aromatic heterocycles. The van der Waals surface area contributed by atoms with E-state index < -0.39 is 0 Å². The maximum absolute atomic E-state index is 14.0. The van der Waals surface area contributed by atoms with Gasteiger partial charge in [-0.05, 0) is 24.1 Å². The van der Waals surface area contributed by atoms with Crippen LogP contribution < -0.4 is 5.32 Å². The Morgan fingerprint density at radius 2 is 1.76 bits per heavy atom. The van der Waals surface area contributed by atoms with Gasteiger partial charge in [0.15, 0.2) is 0 Å². The summed E-state index contributed by atoms with van der Waals surface area (Å²) in [5.41, 5.74) is 2.67. The molecule has 2 aromatic rings. The Morgan fingerprint density at radius 1 is 1.08 bits per heavy atom. The van der Waals surface area contributed by atoms with Crippen molar-refractivity contribution in [3.8, 4) is 0 Å². The molecule has 0 aliphatic rings. The third-order valence-corrected chi connectivity index (χ3v) is 3.49. The standard InChI is InChI=1S/C18H22FNO2.C3H8/c1-14(16-6-4-3-5-7-16)20-11-15-8-9-17(18(19)10-15)12-22-13-21-2;1-3-2/h3-10,14,20H,11-13H2,1-2H3;3H2,1-2H3/t14-;/m0./s1. The third-order valence-electron chi connectivity index (χ3n) is 3.49. The van der Waals surface area contributed by atoms with E-state index in [1.165, 1.54) is 12.0 Å². The first kappa shape index (κ1) is 21.3. The van der Waals surface area contributed by atoms with Gasteiger partial charge in [0.05, 0.1) is 6.61 Å². The molecule has 3 nitrogen and oxygen atoms in total. The molecule has 25 heavy (non-hydrogen) atoms. The van der Waals surface area contributed by atoms with Crippen molar-refractivity contribution in [1.29, 1.82) is 0 Å². The zero-order valence-electron chi connectivity index (χ0n) is 15.7. The first-order valence-electron chi connectivity index (χ1n) is 8.74. The van der Waals surface area contributed by atoms with E-state index in [9.17, 15) is 4.39 Å². The van der Waals surface area contributed by atoms with Gasteiger partial charge in [0.1, 0.15) is 12.6 Å². The van der Waals surface area contributed by atoms with E-state index >= 15 is 0 Å². The van der Waals surface area contributed by atoms with Crippen LogP contribution >= 0.6 is 0 Å². The van der Waals surface area contributed by atoms with Crippen molar-refractivity contribution in [2.75, 3.05) is 13.9 Å². The molecule has 0 saturated heterocycles. The van der Waals surface area contributed by atoms with E-state index in [2.05, 4.69) is 38.2 Å². The first-order chi connectivity index (χ1) is 12.1. The number of hydrogen-bond donors (Lipinski definition) is 1. The minimum absolute atomic E-state index is 0.164. The number of rotatable bonds is 8. The number of ether oxygens (including phenoxy) is 2. The van der Waals surface area contributed by atoms with Gasteiger partial charge < -0.3 is 14.8 Å². The summed E-state index contributed by atoms with van der Waals surface area (Å²) in [7, 11) is 1.54. The van der Waals surface area contributed by atoms with Gasteiger partial charge in [-0.1, -0.05) is 62.7 Å². The molecule has 0 aliphatic heterocycles. The van der Waals surface area contributed by atoms with Crippen molar-refractivity contribution in [1.82, 2.24) is 5.32 Å². The molecule has 0 saturated carbocycles. The van der Waals surface area contributed by atoms with Crippen LogP contribution in [0.15, 0.2) is 48.5 Å². The van der Waals surface area contributed by atoms with Crippen LogP contribution in [0.2, 0.25) is 0 Å². The summed E-state index contributed by atoms with van der Waals surface area (Å²) in [6.45, 7) is 7.34. The van der Waals surface area contributed by atoms with E-state index in [0.29, 0.717) is 12.1 Å². The highest BCUT2D eigenvalue weighted by atomic mass is 19.1. The number of methoxy groups -OCH3 is 1. The van der Waals surface area contributed by atoms with Crippen molar-refractivity contribution < 1.29 is 13.9 Å². The second-order valence-corrected chi connectivity index (χ2v) is 5.90. The number of nitrogens with one attached hydrogen (secondary N) is 1. The summed E-state index contributed by atoms with van der Waals surface area (Å²) in [6.07, 6.45) is 1.25. The van der Waals surface area contributed by atoms with Crippen molar-refractivity contribution in [3.05, 3.63) is 71.0 Å². The van der Waals surface area contributed by atoms with E-state index in [-0.39, 0.29) is 25.3 Å². The zero-order chi connectivity index (χ0) is 18.5. The van der Waals surface area contributed by atoms with Crippen LogP contribution in [0.3, 0.4) is 0 Å². The largest absolute Gasteiger partial charge is 0.359 e. The van der Waals surface area contributed by atoms with Crippen LogP contribution in [-0.4, -0.2) is 13.9 Å². The number of halogens is 1. The molecule has 0 heterocycles. The molecule has 0 unspecified atom stereocenters. The van der Waals surface area contributed by atoms with Crippen molar-refractivity contribution >= 4 is 0 Å². The van der Waals surface area contributed by atoms with Gasteiger partial charge in [0.25, 0.3) is 0 Å². The summed E-state index contributed by atoms with van der Waals surface area (Å²) in [5.74, 6) is -0.247. The molecule has 1 atom stereocenters. The summed E-state index contributed by atoms with van der Waals surface area (Å²) in [5, 5.41) is 3.40. The fraction of sp³-hybridized carbons (Fsp3) is 0.429. The second kappa shape index (κ2) is 12.6. The van der Waals surface area contributed by atoms with E-state index in [1.54, 1.807) is 19.2 Å². The molecule has 0 fully saturated rings. The smallest absolute Gasteiger partial charge is 0.146 e. The van der Waals surface area contributed by atoms with Crippen LogP contribution in [-0.2, 0) is 22.6 Å². The molecule has 0 radical (unpaired) electrons. The van der Waals surface area contributed by atoms with Crippen molar-refractivity contribution in [2.45, 2.75) is 46.4 Å². The minimum atomic E-state index is -0.247. The summed E-state index contributed by atoms with van der Waals surface area (Å²) in [6, 6.07) is 15.6. The quantitative estimate of drug-likeness (QED) is 0.525. The van der Waals surface area contributed by atoms with Gasteiger partial charge in [0.2, 0.25) is 0 Å². The van der Waals surface area contributed by atoms with Gasteiger partial charge in [-0.15, -0.1) is 0 Å². The highest BCUT2D eigenvalue weighted by Crippen LogP contribution is 2.15. The zero-order valence-corrected chi connectivity index (χ0v) is 15.7. The van der Waals surface area contributed by atoms with E-state index in [0.717, 1.165) is 5.56 Å². The molecule has 2 aromatic carbocycles. The Kier molecular flexibility index (Phi) is 10.7. The molecule has 1 N–H and O–H groups in total. The predicted octanol–water partition coefficient (Wildman–Crippen LogP) is 5.21. The average Bonchev–Trinajstić information content (AvgIpc) is 2.63. The topological polar surface area (TPSA) is 30.5 Å². The van der Waals surface area contributed by atoms with Crippen LogP contribution in [0.5, 0.6) is 0 Å². The second-order valence-electron chi connectivity index (χ2n) is 5.90. The van der Waals surface area contributed by atoms with Gasteiger partial charge in [-0.3, -0.25) is 0 Å². The van der Waals surface area contributed by atoms with Crippen LogP contribution in [0.1, 0.15) is 49.9 Å². The third kappa shape index (κ3) is 8.25. The fourth-order valence-electron chi connectivity index (χ4n) is 2.18. The lowest BCUT2D eigenvalue weighted by Gasteiger charge is -2.14. The maximum Gasteiger partial charge on any atom is 0.146 e. The lowest BCUT2D eigenvalue weighted by Crippen LogP contribution is -2.18. The van der Waals surface area contributed by atoms with Crippen LogP contribution in [0.25, 0.3) is 0 Å². The Bertz CT molecular complexity index is 590. The molecule has 0 amide bonds. The highest BCUT2D eigenvalue weighted by molar-refractivity contribution is 5.24. The molecule has 0 spiro atoms. The molecular weight excluding hydrogens is 317 g/mol. The molecule has 138 valence electrons. The Balaban J connectivity index is 0.000000970. The Hall–Kier alpha value is -1.75.